The van der Waals surface area contributed by atoms with Gasteiger partial charge in [-0.25, -0.2) is 9.48 Å². The number of carbonyl (C=O) groups excluding carboxylic acids is 2. The highest BCUT2D eigenvalue weighted by Crippen LogP contribution is 2.31. The Morgan fingerprint density at radius 1 is 1.12 bits per heavy atom. The number of hydrogen-bond donors (Lipinski definition) is 1. The van der Waals surface area contributed by atoms with Gasteiger partial charge in [0.1, 0.15) is 18.4 Å². The Balaban J connectivity index is 1.36. The van der Waals surface area contributed by atoms with Crippen LogP contribution >= 0.6 is 0 Å². The van der Waals surface area contributed by atoms with Crippen molar-refractivity contribution in [2.75, 3.05) is 0 Å². The molecular weight excluding hydrogens is 436 g/mol. The van der Waals surface area contributed by atoms with Crippen LogP contribution in [-0.2, 0) is 16.9 Å². The summed E-state index contributed by atoms with van der Waals surface area (Å²) in [6.45, 7) is 5.76. The maximum absolute atomic E-state index is 13.3. The van der Waals surface area contributed by atoms with Gasteiger partial charge in [-0.05, 0) is 46.5 Å². The molecule has 34 heavy (non-hydrogen) atoms. The molecule has 4 aromatic rings. The summed E-state index contributed by atoms with van der Waals surface area (Å²) in [6.07, 6.45) is 1.45. The van der Waals surface area contributed by atoms with Gasteiger partial charge < -0.3 is 9.84 Å². The largest absolute Gasteiger partial charge is 0.337 e. The second-order valence-electron chi connectivity index (χ2n) is 8.54. The Morgan fingerprint density at radius 2 is 1.91 bits per heavy atom. The highest BCUT2D eigenvalue weighted by Gasteiger charge is 2.49. The van der Waals surface area contributed by atoms with Gasteiger partial charge in [-0.3, -0.25) is 9.69 Å². The number of nitrogens with one attached hydrogen (secondary N) is 1. The van der Waals surface area contributed by atoms with E-state index < -0.39 is 17.5 Å². The lowest BCUT2D eigenvalue weighted by Gasteiger charge is -2.22. The van der Waals surface area contributed by atoms with E-state index in [9.17, 15) is 9.59 Å². The summed E-state index contributed by atoms with van der Waals surface area (Å²) < 4.78 is 6.81. The lowest BCUT2D eigenvalue weighted by molar-refractivity contribution is -0.131. The first-order valence-electron chi connectivity index (χ1n) is 10.8. The minimum atomic E-state index is -1.27. The molecule has 3 heterocycles. The number of hydrogen-bond acceptors (Lipinski definition) is 8. The predicted octanol–water partition coefficient (Wildman–Crippen LogP) is 2.80. The van der Waals surface area contributed by atoms with Gasteiger partial charge in [-0.1, -0.05) is 55.4 Å². The number of tetrazole rings is 1. The Morgan fingerprint density at radius 3 is 2.62 bits per heavy atom. The van der Waals surface area contributed by atoms with Crippen molar-refractivity contribution in [2.45, 2.75) is 38.8 Å². The average Bonchev–Trinajstić information content (AvgIpc) is 3.58. The molecule has 0 spiro atoms. The zero-order chi connectivity index (χ0) is 23.9. The number of rotatable bonds is 6. The Bertz CT molecular complexity index is 1350. The van der Waals surface area contributed by atoms with Crippen molar-refractivity contribution in [3.63, 3.8) is 0 Å². The number of nitrogens with zero attached hydrogens (tertiary/aromatic N) is 7. The summed E-state index contributed by atoms with van der Waals surface area (Å²) in [7, 11) is 0. The molecule has 0 bridgehead atoms. The maximum atomic E-state index is 13.3. The van der Waals surface area contributed by atoms with Crippen LogP contribution in [0.1, 0.15) is 43.7 Å². The van der Waals surface area contributed by atoms with E-state index in [4.69, 9.17) is 4.52 Å². The van der Waals surface area contributed by atoms with Crippen molar-refractivity contribution < 1.29 is 14.1 Å². The Labute approximate surface area is 194 Å². The Hall–Kier alpha value is -4.41. The summed E-state index contributed by atoms with van der Waals surface area (Å²) in [5.41, 5.74) is 1.99. The van der Waals surface area contributed by atoms with Gasteiger partial charge >= 0.3 is 6.03 Å². The molecule has 1 aliphatic rings. The second kappa shape index (κ2) is 8.18. The molecule has 1 atom stereocenters. The van der Waals surface area contributed by atoms with E-state index >= 15 is 0 Å². The fourth-order valence-corrected chi connectivity index (χ4v) is 3.86. The number of benzene rings is 2. The molecule has 2 aromatic carbocycles. The molecular formula is C23H22N8O3. The molecule has 1 aliphatic heterocycles. The van der Waals surface area contributed by atoms with Crippen molar-refractivity contribution >= 4 is 11.9 Å². The zero-order valence-corrected chi connectivity index (χ0v) is 18.8. The van der Waals surface area contributed by atoms with Crippen LogP contribution in [0.2, 0.25) is 0 Å². The van der Waals surface area contributed by atoms with E-state index in [0.29, 0.717) is 23.0 Å². The molecule has 11 nitrogen and oxygen atoms in total. The molecule has 5 rings (SSSR count). The number of imide groups is 1. The molecule has 0 aliphatic carbocycles. The summed E-state index contributed by atoms with van der Waals surface area (Å²) in [6, 6.07) is 14.4. The zero-order valence-electron chi connectivity index (χ0n) is 18.8. The molecule has 0 radical (unpaired) electrons. The predicted molar refractivity (Wildman–Crippen MR) is 119 cm³/mol. The van der Waals surface area contributed by atoms with Crippen LogP contribution in [0.5, 0.6) is 0 Å². The smallest absolute Gasteiger partial charge is 0.325 e. The summed E-state index contributed by atoms with van der Waals surface area (Å²) >= 11 is 0. The third-order valence-corrected chi connectivity index (χ3v) is 5.91. The highest BCUT2D eigenvalue weighted by molar-refractivity contribution is 6.07. The fourth-order valence-electron chi connectivity index (χ4n) is 3.86. The average molecular weight is 458 g/mol. The van der Waals surface area contributed by atoms with E-state index in [2.05, 4.69) is 44.8 Å². The molecule has 1 N–H and O–H groups in total. The minimum absolute atomic E-state index is 0.135. The minimum Gasteiger partial charge on any atom is -0.337 e. The topological polar surface area (TPSA) is 132 Å². The third-order valence-electron chi connectivity index (χ3n) is 5.91. The monoisotopic (exact) mass is 458 g/mol. The van der Waals surface area contributed by atoms with Gasteiger partial charge in [-0.2, -0.15) is 4.98 Å². The molecule has 0 saturated carbocycles. The second-order valence-corrected chi connectivity index (χ2v) is 8.54. The summed E-state index contributed by atoms with van der Waals surface area (Å²) in [4.78, 5) is 31.5. The van der Waals surface area contributed by atoms with Crippen LogP contribution in [0.15, 0.2) is 59.4 Å². The molecule has 172 valence electrons. The Kier molecular flexibility index (Phi) is 5.16. The van der Waals surface area contributed by atoms with Gasteiger partial charge in [0.15, 0.2) is 0 Å². The van der Waals surface area contributed by atoms with Gasteiger partial charge in [0.05, 0.1) is 5.69 Å². The van der Waals surface area contributed by atoms with E-state index in [0.717, 1.165) is 10.5 Å². The van der Waals surface area contributed by atoms with E-state index in [1.807, 2.05) is 24.3 Å². The van der Waals surface area contributed by atoms with Gasteiger partial charge in [-0.15, -0.1) is 5.10 Å². The molecule has 1 saturated heterocycles. The van der Waals surface area contributed by atoms with Gasteiger partial charge in [0, 0.05) is 5.56 Å². The first-order valence-corrected chi connectivity index (χ1v) is 10.8. The van der Waals surface area contributed by atoms with Crippen molar-refractivity contribution in [1.29, 1.82) is 0 Å². The van der Waals surface area contributed by atoms with Crippen molar-refractivity contribution in [2.24, 2.45) is 0 Å². The number of urea groups is 1. The number of carbonyl (C=O) groups is 2. The van der Waals surface area contributed by atoms with Crippen molar-refractivity contribution in [3.05, 3.63) is 71.9 Å². The standard InChI is InChI=1S/C23H22N8O3/c1-14(2)15-7-9-16(10-8-15)20-25-19(34-27-20)12-30-21(32)23(3,26-22(30)33)17-5-4-6-18(11-17)31-13-24-28-29-31/h4-11,13-14H,12H2,1-3H3,(H,26,33). The first-order chi connectivity index (χ1) is 16.3. The van der Waals surface area contributed by atoms with Gasteiger partial charge in [0.2, 0.25) is 11.7 Å². The molecule has 11 heteroatoms. The highest BCUT2D eigenvalue weighted by atomic mass is 16.5. The quantitative estimate of drug-likeness (QED) is 0.436. The number of amides is 3. The molecule has 1 fully saturated rings. The summed E-state index contributed by atoms with van der Waals surface area (Å²) in [5.74, 6) is 0.553. The van der Waals surface area contributed by atoms with Crippen molar-refractivity contribution in [1.82, 2.24) is 40.6 Å². The fraction of sp³-hybridized carbons (Fsp3) is 0.261. The van der Waals surface area contributed by atoms with E-state index in [1.165, 1.54) is 16.6 Å². The third kappa shape index (κ3) is 3.70. The lowest BCUT2D eigenvalue weighted by Crippen LogP contribution is -2.40. The van der Waals surface area contributed by atoms with Crippen LogP contribution < -0.4 is 5.32 Å². The van der Waals surface area contributed by atoms with Gasteiger partial charge in [0.25, 0.3) is 5.91 Å². The lowest BCUT2D eigenvalue weighted by atomic mass is 9.91. The SMILES string of the molecule is CC(C)c1ccc(-c2noc(CN3C(=O)NC(C)(c4cccc(-n5cnnn5)c4)C3=O)n2)cc1. The van der Waals surface area contributed by atoms with Crippen LogP contribution in [0.25, 0.3) is 17.1 Å². The van der Waals surface area contributed by atoms with Crippen LogP contribution in [0.3, 0.4) is 0 Å². The van der Waals surface area contributed by atoms with Crippen LogP contribution in [-0.4, -0.2) is 47.2 Å². The van der Waals surface area contributed by atoms with E-state index in [1.54, 1.807) is 31.2 Å². The number of aromatic nitrogens is 6. The first kappa shape index (κ1) is 21.4. The van der Waals surface area contributed by atoms with Crippen LogP contribution in [0.4, 0.5) is 4.79 Å². The van der Waals surface area contributed by atoms with E-state index in [-0.39, 0.29) is 12.4 Å². The van der Waals surface area contributed by atoms with Crippen molar-refractivity contribution in [3.8, 4) is 17.1 Å². The van der Waals surface area contributed by atoms with Crippen LogP contribution in [0, 0.1) is 0 Å². The maximum Gasteiger partial charge on any atom is 0.325 e. The molecule has 2 aromatic heterocycles. The molecule has 3 amide bonds. The summed E-state index contributed by atoms with van der Waals surface area (Å²) in [5, 5.41) is 17.9. The normalized spacial score (nSPS) is 18.1. The molecule has 1 unspecified atom stereocenters.